The molecule has 0 bridgehead atoms. The summed E-state index contributed by atoms with van der Waals surface area (Å²) in [5, 5.41) is 4.45. The monoisotopic (exact) mass is 476 g/mol. The summed E-state index contributed by atoms with van der Waals surface area (Å²) in [6.45, 7) is 7.03. The summed E-state index contributed by atoms with van der Waals surface area (Å²) in [6, 6.07) is 13.5. The molecule has 0 saturated heterocycles. The molecular formula is C26H28N4O5. The van der Waals surface area contributed by atoms with Crippen LogP contribution in [0.2, 0.25) is 0 Å². The Morgan fingerprint density at radius 1 is 1.06 bits per heavy atom. The number of benzene rings is 1. The first-order valence-electron chi connectivity index (χ1n) is 11.5. The predicted molar refractivity (Wildman–Crippen MR) is 128 cm³/mol. The molecule has 4 aromatic rings. The third kappa shape index (κ3) is 6.26. The van der Waals surface area contributed by atoms with Crippen LogP contribution in [-0.2, 0) is 29.1 Å². The molecule has 9 nitrogen and oxygen atoms in total. The molecule has 0 N–H and O–H groups in total. The van der Waals surface area contributed by atoms with Crippen LogP contribution in [0.5, 0.6) is 11.8 Å². The maximum atomic E-state index is 11.9. The maximum absolute atomic E-state index is 11.9. The van der Waals surface area contributed by atoms with E-state index in [1.807, 2.05) is 50.2 Å². The molecule has 3 aromatic heterocycles. The summed E-state index contributed by atoms with van der Waals surface area (Å²) in [5.74, 6) is 1.89. The largest absolute Gasteiger partial charge is 0.477 e. The lowest BCUT2D eigenvalue weighted by molar-refractivity contribution is -0.142. The molecule has 0 amide bonds. The van der Waals surface area contributed by atoms with E-state index in [-0.39, 0.29) is 19.0 Å². The topological polar surface area (TPSA) is 102 Å². The van der Waals surface area contributed by atoms with Crippen molar-refractivity contribution in [1.82, 2.24) is 19.7 Å². The molecule has 9 heteroatoms. The van der Waals surface area contributed by atoms with Gasteiger partial charge in [-0.25, -0.2) is 9.97 Å². The Kier molecular flexibility index (Phi) is 7.77. The van der Waals surface area contributed by atoms with Crippen LogP contribution in [0.4, 0.5) is 0 Å². The first kappa shape index (κ1) is 24.0. The van der Waals surface area contributed by atoms with Gasteiger partial charge in [-0.1, -0.05) is 24.3 Å². The van der Waals surface area contributed by atoms with Crippen molar-refractivity contribution in [3.63, 3.8) is 0 Å². The third-order valence-corrected chi connectivity index (χ3v) is 5.13. The number of hydrogen-bond donors (Lipinski definition) is 0. The number of aromatic nitrogens is 4. The van der Waals surface area contributed by atoms with Gasteiger partial charge in [0, 0.05) is 29.6 Å². The van der Waals surface area contributed by atoms with Gasteiger partial charge in [0.05, 0.1) is 26.2 Å². The van der Waals surface area contributed by atoms with E-state index in [2.05, 4.69) is 15.1 Å². The summed E-state index contributed by atoms with van der Waals surface area (Å²) in [7, 11) is 0. The average Bonchev–Trinajstić information content (AvgIpc) is 3.42. The van der Waals surface area contributed by atoms with Gasteiger partial charge in [-0.05, 0) is 38.5 Å². The van der Waals surface area contributed by atoms with Gasteiger partial charge in [-0.2, -0.15) is 0 Å². The van der Waals surface area contributed by atoms with Crippen LogP contribution >= 0.6 is 0 Å². The number of carbonyl (C=O) groups is 1. The Balaban J connectivity index is 1.37. The molecule has 0 saturated carbocycles. The normalized spacial score (nSPS) is 10.8. The second kappa shape index (κ2) is 11.3. The minimum Gasteiger partial charge on any atom is -0.477 e. The average molecular weight is 477 g/mol. The lowest BCUT2D eigenvalue weighted by Crippen LogP contribution is -2.08. The van der Waals surface area contributed by atoms with Crippen LogP contribution in [0.25, 0.3) is 11.5 Å². The molecule has 0 atom stereocenters. The minimum atomic E-state index is -0.311. The fourth-order valence-corrected chi connectivity index (χ4v) is 3.46. The molecule has 0 aliphatic heterocycles. The van der Waals surface area contributed by atoms with Crippen molar-refractivity contribution in [2.24, 2.45) is 0 Å². The van der Waals surface area contributed by atoms with E-state index in [9.17, 15) is 4.79 Å². The van der Waals surface area contributed by atoms with Crippen molar-refractivity contribution in [2.75, 3.05) is 13.2 Å². The fraction of sp³-hybridized carbons (Fsp3) is 0.308. The van der Waals surface area contributed by atoms with E-state index in [4.69, 9.17) is 18.6 Å². The number of carbonyl (C=O) groups excluding carboxylic acids is 1. The molecule has 0 fully saturated rings. The van der Waals surface area contributed by atoms with Crippen LogP contribution in [0.1, 0.15) is 36.4 Å². The second-order valence-corrected chi connectivity index (χ2v) is 7.75. The zero-order chi connectivity index (χ0) is 24.6. The van der Waals surface area contributed by atoms with Gasteiger partial charge in [0.25, 0.3) is 0 Å². The molecular weight excluding hydrogens is 448 g/mol. The third-order valence-electron chi connectivity index (χ3n) is 5.13. The van der Waals surface area contributed by atoms with E-state index in [1.54, 1.807) is 30.1 Å². The Bertz CT molecular complexity index is 1250. The van der Waals surface area contributed by atoms with E-state index in [0.29, 0.717) is 48.7 Å². The number of nitrogens with zero attached hydrogens (tertiary/aromatic N) is 4. The van der Waals surface area contributed by atoms with Gasteiger partial charge < -0.3 is 18.6 Å². The van der Waals surface area contributed by atoms with Crippen molar-refractivity contribution >= 4 is 5.97 Å². The Labute approximate surface area is 203 Å². The molecule has 0 aliphatic carbocycles. The van der Waals surface area contributed by atoms with Gasteiger partial charge in [-0.15, -0.1) is 5.10 Å². The molecule has 3 heterocycles. The van der Waals surface area contributed by atoms with Gasteiger partial charge in [-0.3, -0.25) is 9.48 Å². The molecule has 0 aliphatic rings. The summed E-state index contributed by atoms with van der Waals surface area (Å²) in [5.41, 5.74) is 3.26. The Morgan fingerprint density at radius 3 is 2.60 bits per heavy atom. The lowest BCUT2D eigenvalue weighted by Gasteiger charge is -2.05. The number of oxazole rings is 1. The summed E-state index contributed by atoms with van der Waals surface area (Å²) < 4.78 is 23.9. The Morgan fingerprint density at radius 2 is 1.89 bits per heavy atom. The van der Waals surface area contributed by atoms with Crippen molar-refractivity contribution in [2.45, 2.75) is 40.3 Å². The SMILES string of the molecule is CCOC(=O)Cc1cn(Cc2ccc(OCc3nc(-c4ccccc4)oc3C)nc2)nc1OCC. The van der Waals surface area contributed by atoms with Gasteiger partial charge in [0.2, 0.25) is 17.7 Å². The first-order valence-corrected chi connectivity index (χ1v) is 11.5. The van der Waals surface area contributed by atoms with Crippen LogP contribution in [0, 0.1) is 6.92 Å². The van der Waals surface area contributed by atoms with Crippen LogP contribution in [0.15, 0.2) is 59.3 Å². The van der Waals surface area contributed by atoms with Crippen LogP contribution in [-0.4, -0.2) is 38.9 Å². The zero-order valence-electron chi connectivity index (χ0n) is 20.1. The van der Waals surface area contributed by atoms with Crippen LogP contribution < -0.4 is 9.47 Å². The number of hydrogen-bond acceptors (Lipinski definition) is 8. The van der Waals surface area contributed by atoms with Crippen molar-refractivity contribution in [3.05, 3.63) is 77.4 Å². The summed E-state index contributed by atoms with van der Waals surface area (Å²) in [6.07, 6.45) is 3.64. The standard InChI is InChI=1S/C26H28N4O5/c1-4-32-24(31)13-21-16-30(29-26(21)33-5-2)15-19-11-12-23(27-14-19)34-17-22-18(3)35-25(28-22)20-9-7-6-8-10-20/h6-12,14,16H,4-5,13,15,17H2,1-3H3. The highest BCUT2D eigenvalue weighted by molar-refractivity contribution is 5.73. The summed E-state index contributed by atoms with van der Waals surface area (Å²) in [4.78, 5) is 20.8. The number of aryl methyl sites for hydroxylation is 1. The zero-order valence-corrected chi connectivity index (χ0v) is 20.1. The van der Waals surface area contributed by atoms with Crippen molar-refractivity contribution in [3.8, 4) is 23.2 Å². The molecule has 0 spiro atoms. The van der Waals surface area contributed by atoms with Gasteiger partial charge >= 0.3 is 5.97 Å². The van der Waals surface area contributed by atoms with E-state index in [0.717, 1.165) is 16.8 Å². The number of rotatable bonds is 11. The highest BCUT2D eigenvalue weighted by Crippen LogP contribution is 2.23. The molecule has 0 radical (unpaired) electrons. The molecule has 0 unspecified atom stereocenters. The van der Waals surface area contributed by atoms with E-state index < -0.39 is 0 Å². The molecule has 4 rings (SSSR count). The first-order chi connectivity index (χ1) is 17.1. The van der Waals surface area contributed by atoms with Gasteiger partial charge in [0.1, 0.15) is 18.1 Å². The molecule has 182 valence electrons. The molecule has 35 heavy (non-hydrogen) atoms. The Hall–Kier alpha value is -4.14. The van der Waals surface area contributed by atoms with Gasteiger partial charge in [0.15, 0.2) is 0 Å². The number of ether oxygens (including phenoxy) is 3. The quantitative estimate of drug-likeness (QED) is 0.294. The van der Waals surface area contributed by atoms with E-state index in [1.165, 1.54) is 0 Å². The van der Waals surface area contributed by atoms with Crippen molar-refractivity contribution < 1.29 is 23.4 Å². The van der Waals surface area contributed by atoms with Crippen LogP contribution in [0.3, 0.4) is 0 Å². The summed E-state index contributed by atoms with van der Waals surface area (Å²) >= 11 is 0. The highest BCUT2D eigenvalue weighted by Gasteiger charge is 2.15. The second-order valence-electron chi connectivity index (χ2n) is 7.75. The lowest BCUT2D eigenvalue weighted by atomic mass is 10.2. The fourth-order valence-electron chi connectivity index (χ4n) is 3.46. The molecule has 1 aromatic carbocycles. The van der Waals surface area contributed by atoms with Crippen molar-refractivity contribution in [1.29, 1.82) is 0 Å². The smallest absolute Gasteiger partial charge is 0.310 e. The maximum Gasteiger partial charge on any atom is 0.310 e. The predicted octanol–water partition coefficient (Wildman–Crippen LogP) is 4.37. The highest BCUT2D eigenvalue weighted by atomic mass is 16.5. The van der Waals surface area contributed by atoms with E-state index >= 15 is 0 Å². The number of esters is 1. The minimum absolute atomic E-state index is 0.113. The number of pyridine rings is 1.